The van der Waals surface area contributed by atoms with Gasteiger partial charge in [0.2, 0.25) is 0 Å². The summed E-state index contributed by atoms with van der Waals surface area (Å²) < 4.78 is 0. The summed E-state index contributed by atoms with van der Waals surface area (Å²) in [6, 6.07) is 7.87. The van der Waals surface area contributed by atoms with Gasteiger partial charge in [-0.1, -0.05) is 24.3 Å². The highest BCUT2D eigenvalue weighted by atomic mass is 35.5. The number of halogens is 2. The quantitative estimate of drug-likeness (QED) is 0.702. The van der Waals surface area contributed by atoms with E-state index in [1.807, 2.05) is 56.2 Å². The molecule has 0 N–H and O–H groups in total. The first-order chi connectivity index (χ1) is 11.4. The minimum absolute atomic E-state index is 0. The van der Waals surface area contributed by atoms with E-state index >= 15 is 0 Å². The van der Waals surface area contributed by atoms with Crippen LogP contribution in [-0.4, -0.2) is 62.6 Å². The zero-order valence-corrected chi connectivity index (χ0v) is 17.3. The molecule has 0 fully saturated rings. The monoisotopic (exact) mass is 396 g/mol. The normalized spacial score (nSPS) is 12.2. The SMILES string of the molecule is CN(C)CC(=O)c1ccc2c(C(=O)CN(C)C)ccc3c2c1CC3.Cl.Cl. The van der Waals surface area contributed by atoms with Crippen LogP contribution in [0.15, 0.2) is 24.3 Å². The van der Waals surface area contributed by atoms with Crippen molar-refractivity contribution < 1.29 is 9.59 Å². The van der Waals surface area contributed by atoms with Crippen LogP contribution in [0, 0.1) is 0 Å². The minimum Gasteiger partial charge on any atom is -0.302 e. The zero-order valence-electron chi connectivity index (χ0n) is 15.7. The molecule has 0 bridgehead atoms. The molecule has 1 aliphatic rings. The summed E-state index contributed by atoms with van der Waals surface area (Å²) >= 11 is 0. The molecule has 3 rings (SSSR count). The first-order valence-electron chi connectivity index (χ1n) is 8.32. The van der Waals surface area contributed by atoms with Crippen LogP contribution in [0.25, 0.3) is 10.8 Å². The molecule has 1 aliphatic carbocycles. The van der Waals surface area contributed by atoms with Crippen molar-refractivity contribution in [3.63, 3.8) is 0 Å². The van der Waals surface area contributed by atoms with Gasteiger partial charge in [0.25, 0.3) is 0 Å². The van der Waals surface area contributed by atoms with Crippen molar-refractivity contribution in [1.29, 1.82) is 0 Å². The van der Waals surface area contributed by atoms with Gasteiger partial charge in [0.1, 0.15) is 0 Å². The van der Waals surface area contributed by atoms with Gasteiger partial charge in [-0.05, 0) is 62.9 Å². The summed E-state index contributed by atoms with van der Waals surface area (Å²) in [5, 5.41) is 2.12. The average Bonchev–Trinajstić information content (AvgIpc) is 2.92. The highest BCUT2D eigenvalue weighted by Gasteiger charge is 2.24. The number of carbonyl (C=O) groups is 2. The Bertz CT molecular complexity index is 832. The average molecular weight is 397 g/mol. The number of hydrogen-bond donors (Lipinski definition) is 0. The van der Waals surface area contributed by atoms with Crippen molar-refractivity contribution in [2.45, 2.75) is 12.8 Å². The molecule has 0 amide bonds. The summed E-state index contributed by atoms with van der Waals surface area (Å²) in [5.41, 5.74) is 3.94. The predicted octanol–water partition coefficient (Wildman–Crippen LogP) is 3.27. The van der Waals surface area contributed by atoms with Gasteiger partial charge in [-0.2, -0.15) is 0 Å². The van der Waals surface area contributed by atoms with E-state index in [4.69, 9.17) is 0 Å². The first kappa shape index (κ1) is 22.6. The summed E-state index contributed by atoms with van der Waals surface area (Å²) in [6.07, 6.45) is 1.83. The molecule has 26 heavy (non-hydrogen) atoms. The van der Waals surface area contributed by atoms with Crippen molar-refractivity contribution in [2.24, 2.45) is 0 Å². The lowest BCUT2D eigenvalue weighted by molar-refractivity contribution is 0.0950. The molecule has 0 saturated heterocycles. The maximum Gasteiger partial charge on any atom is 0.177 e. The zero-order chi connectivity index (χ0) is 17.4. The van der Waals surface area contributed by atoms with Crippen LogP contribution in [0.1, 0.15) is 31.8 Å². The maximum absolute atomic E-state index is 12.6. The van der Waals surface area contributed by atoms with E-state index in [0.29, 0.717) is 13.1 Å². The fourth-order valence-corrected chi connectivity index (χ4v) is 3.57. The molecule has 142 valence electrons. The Kier molecular flexibility index (Phi) is 7.78. The second kappa shape index (κ2) is 8.96. The van der Waals surface area contributed by atoms with Crippen molar-refractivity contribution >= 4 is 47.2 Å². The molecular weight excluding hydrogens is 371 g/mol. The molecule has 2 aromatic rings. The number of Topliss-reactive ketones (excluding diaryl/α,β-unsaturated/α-hetero) is 2. The fraction of sp³-hybridized carbons (Fsp3) is 0.400. The standard InChI is InChI=1S/C20H24N2O2.2ClH/c1-21(2)11-18(23)14-7-5-13-6-8-16-15(19(24)12-22(3)4)9-10-17(14)20(13)16;;/h5,7,9-10H,6,8,11-12H2,1-4H3;2*1H. The van der Waals surface area contributed by atoms with Crippen molar-refractivity contribution in [2.75, 3.05) is 41.3 Å². The lowest BCUT2D eigenvalue weighted by Gasteiger charge is -2.14. The Balaban J connectivity index is 0.00000169. The summed E-state index contributed by atoms with van der Waals surface area (Å²) in [4.78, 5) is 28.9. The molecule has 2 aromatic carbocycles. The van der Waals surface area contributed by atoms with Crippen LogP contribution < -0.4 is 0 Å². The number of hydrogen-bond acceptors (Lipinski definition) is 4. The smallest absolute Gasteiger partial charge is 0.177 e. The molecular formula is C20H26Cl2N2O2. The summed E-state index contributed by atoms with van der Waals surface area (Å²) in [5.74, 6) is 0.270. The lowest BCUT2D eigenvalue weighted by atomic mass is 9.93. The number of nitrogens with zero attached hydrogens (tertiary/aromatic N) is 2. The summed E-state index contributed by atoms with van der Waals surface area (Å²) in [7, 11) is 7.61. The second-order valence-corrected chi connectivity index (χ2v) is 7.11. The first-order valence-corrected chi connectivity index (χ1v) is 8.32. The second-order valence-electron chi connectivity index (χ2n) is 7.11. The van der Waals surface area contributed by atoms with Gasteiger partial charge in [-0.15, -0.1) is 24.8 Å². The third kappa shape index (κ3) is 4.26. The minimum atomic E-state index is 0. The Morgan fingerprint density at radius 3 is 1.92 bits per heavy atom. The molecule has 0 unspecified atom stereocenters. The Labute approximate surface area is 167 Å². The highest BCUT2D eigenvalue weighted by Crippen LogP contribution is 2.35. The van der Waals surface area contributed by atoms with E-state index in [1.165, 1.54) is 5.56 Å². The van der Waals surface area contributed by atoms with E-state index in [0.717, 1.165) is 40.3 Å². The number of aryl methyl sites for hydroxylation is 2. The molecule has 0 radical (unpaired) electrons. The van der Waals surface area contributed by atoms with Crippen LogP contribution in [0.5, 0.6) is 0 Å². The van der Waals surface area contributed by atoms with E-state index in [1.54, 1.807) is 0 Å². The van der Waals surface area contributed by atoms with E-state index in [2.05, 4.69) is 6.07 Å². The highest BCUT2D eigenvalue weighted by molar-refractivity contribution is 6.13. The van der Waals surface area contributed by atoms with E-state index in [9.17, 15) is 9.59 Å². The molecule has 6 heteroatoms. The van der Waals surface area contributed by atoms with Crippen LogP contribution in [0.4, 0.5) is 0 Å². The molecule has 0 aromatic heterocycles. The van der Waals surface area contributed by atoms with Crippen LogP contribution in [0.3, 0.4) is 0 Å². The topological polar surface area (TPSA) is 40.6 Å². The third-order valence-electron chi connectivity index (χ3n) is 4.54. The van der Waals surface area contributed by atoms with Crippen LogP contribution >= 0.6 is 24.8 Å². The lowest BCUT2D eigenvalue weighted by Crippen LogP contribution is -2.23. The number of rotatable bonds is 6. The maximum atomic E-state index is 12.6. The Hall–Kier alpha value is -1.46. The number of benzene rings is 2. The van der Waals surface area contributed by atoms with Crippen LogP contribution in [0.2, 0.25) is 0 Å². The summed E-state index contributed by atoms with van der Waals surface area (Å²) in [6.45, 7) is 0.804. The molecule has 0 atom stereocenters. The van der Waals surface area contributed by atoms with Gasteiger partial charge in [0.15, 0.2) is 11.6 Å². The largest absolute Gasteiger partial charge is 0.302 e. The van der Waals surface area contributed by atoms with Gasteiger partial charge in [-0.25, -0.2) is 0 Å². The Morgan fingerprint density at radius 1 is 0.808 bits per heavy atom. The third-order valence-corrected chi connectivity index (χ3v) is 4.54. The van der Waals surface area contributed by atoms with E-state index in [-0.39, 0.29) is 36.4 Å². The Morgan fingerprint density at radius 2 is 1.35 bits per heavy atom. The molecule has 0 saturated carbocycles. The van der Waals surface area contributed by atoms with Gasteiger partial charge in [0, 0.05) is 11.1 Å². The van der Waals surface area contributed by atoms with Gasteiger partial charge in [-0.3, -0.25) is 9.59 Å². The van der Waals surface area contributed by atoms with Gasteiger partial charge >= 0.3 is 0 Å². The fourth-order valence-electron chi connectivity index (χ4n) is 3.57. The van der Waals surface area contributed by atoms with Crippen molar-refractivity contribution in [3.8, 4) is 0 Å². The van der Waals surface area contributed by atoms with Crippen molar-refractivity contribution in [1.82, 2.24) is 9.80 Å². The number of likely N-dealkylation sites (N-methyl/N-ethyl adjacent to an activating group) is 2. The van der Waals surface area contributed by atoms with E-state index < -0.39 is 0 Å². The molecule has 0 spiro atoms. The number of ketones is 2. The van der Waals surface area contributed by atoms with Crippen LogP contribution in [-0.2, 0) is 12.8 Å². The molecule has 0 aliphatic heterocycles. The van der Waals surface area contributed by atoms with Gasteiger partial charge in [0.05, 0.1) is 13.1 Å². The van der Waals surface area contributed by atoms with Crippen molar-refractivity contribution in [3.05, 3.63) is 46.5 Å². The number of carbonyl (C=O) groups excluding carboxylic acids is 2. The van der Waals surface area contributed by atoms with Gasteiger partial charge < -0.3 is 9.80 Å². The molecule has 0 heterocycles. The predicted molar refractivity (Wildman–Crippen MR) is 112 cm³/mol. The molecule has 4 nitrogen and oxygen atoms in total.